The third kappa shape index (κ3) is 3.47. The summed E-state index contributed by atoms with van der Waals surface area (Å²) in [5.41, 5.74) is -2.69. The molecule has 120 valence electrons. The van der Waals surface area contributed by atoms with Gasteiger partial charge in [-0.1, -0.05) is 0 Å². The third-order valence-electron chi connectivity index (χ3n) is 4.48. The first kappa shape index (κ1) is 16.0. The molecule has 0 bridgehead atoms. The van der Waals surface area contributed by atoms with Crippen molar-refractivity contribution in [2.45, 2.75) is 70.7 Å². The molecule has 0 aromatic rings. The van der Waals surface area contributed by atoms with Gasteiger partial charge in [-0.05, 0) is 53.4 Å². The zero-order valence-corrected chi connectivity index (χ0v) is 13.2. The van der Waals surface area contributed by atoms with Gasteiger partial charge in [0.05, 0.1) is 11.5 Å². The van der Waals surface area contributed by atoms with Gasteiger partial charge in [0, 0.05) is 6.54 Å². The van der Waals surface area contributed by atoms with Crippen LogP contribution in [0.2, 0.25) is 0 Å². The van der Waals surface area contributed by atoms with Crippen LogP contribution in [0.15, 0.2) is 0 Å². The summed E-state index contributed by atoms with van der Waals surface area (Å²) in [6, 6.07) is -0.704. The van der Waals surface area contributed by atoms with Gasteiger partial charge in [-0.2, -0.15) is 0 Å². The van der Waals surface area contributed by atoms with Crippen LogP contribution < -0.4 is 10.6 Å². The Hall–Kier alpha value is -1.33. The highest BCUT2D eigenvalue weighted by Gasteiger charge is 2.53. The molecule has 2 rings (SSSR count). The molecular weight excluding hydrogens is 275 g/mol. The number of alkyl halides is 1. The van der Waals surface area contributed by atoms with Crippen molar-refractivity contribution in [1.29, 1.82) is 0 Å². The first-order valence-corrected chi connectivity index (χ1v) is 7.51. The van der Waals surface area contributed by atoms with E-state index >= 15 is 0 Å². The number of ether oxygens (including phenoxy) is 1. The molecule has 2 amide bonds. The van der Waals surface area contributed by atoms with Gasteiger partial charge < -0.3 is 15.4 Å². The number of carbonyl (C=O) groups excluding carboxylic acids is 2. The standard InChI is InChI=1S/C15H25FN2O3/c1-13(2,3)21-12(20)18-10-9-15(6-5-14(10,4)16)7-8-17-11(15)19/h10H,5-9H2,1-4H3,(H,17,19)(H,18,20). The molecular formula is C15H25FN2O3. The molecule has 1 aliphatic heterocycles. The first-order chi connectivity index (χ1) is 9.54. The maximum Gasteiger partial charge on any atom is 0.407 e. The average Bonchev–Trinajstić information content (AvgIpc) is 2.64. The lowest BCUT2D eigenvalue weighted by molar-refractivity contribution is -0.131. The van der Waals surface area contributed by atoms with Crippen LogP contribution in [-0.2, 0) is 9.53 Å². The maximum atomic E-state index is 14.7. The molecule has 1 saturated carbocycles. The summed E-state index contributed by atoms with van der Waals surface area (Å²) in [4.78, 5) is 23.9. The highest BCUT2D eigenvalue weighted by molar-refractivity contribution is 5.85. The van der Waals surface area contributed by atoms with E-state index in [4.69, 9.17) is 4.74 Å². The van der Waals surface area contributed by atoms with Gasteiger partial charge in [-0.25, -0.2) is 9.18 Å². The van der Waals surface area contributed by atoms with E-state index in [0.717, 1.165) is 0 Å². The monoisotopic (exact) mass is 300 g/mol. The van der Waals surface area contributed by atoms with Gasteiger partial charge >= 0.3 is 6.09 Å². The van der Waals surface area contributed by atoms with Crippen molar-refractivity contribution in [3.63, 3.8) is 0 Å². The molecule has 0 aromatic heterocycles. The lowest BCUT2D eigenvalue weighted by Gasteiger charge is -2.43. The minimum absolute atomic E-state index is 0.0195. The summed E-state index contributed by atoms with van der Waals surface area (Å²) < 4.78 is 19.9. The summed E-state index contributed by atoms with van der Waals surface area (Å²) >= 11 is 0. The topological polar surface area (TPSA) is 67.4 Å². The minimum Gasteiger partial charge on any atom is -0.444 e. The van der Waals surface area contributed by atoms with Crippen molar-refractivity contribution in [2.75, 3.05) is 6.54 Å². The molecule has 3 unspecified atom stereocenters. The Bertz CT molecular complexity index is 445. The van der Waals surface area contributed by atoms with E-state index in [2.05, 4.69) is 10.6 Å². The second kappa shape index (κ2) is 5.14. The first-order valence-electron chi connectivity index (χ1n) is 7.51. The zero-order chi connectivity index (χ0) is 15.9. The molecule has 1 aliphatic carbocycles. The number of halogens is 1. The van der Waals surface area contributed by atoms with Gasteiger partial charge in [0.25, 0.3) is 0 Å². The largest absolute Gasteiger partial charge is 0.444 e. The SMILES string of the molecule is CC(C)(C)OC(=O)NC1CC2(CCNC2=O)CCC1(C)F. The third-order valence-corrected chi connectivity index (χ3v) is 4.48. The van der Waals surface area contributed by atoms with Crippen LogP contribution in [0.1, 0.15) is 53.4 Å². The van der Waals surface area contributed by atoms with E-state index in [0.29, 0.717) is 25.8 Å². The highest BCUT2D eigenvalue weighted by atomic mass is 19.1. The number of carbonyl (C=O) groups is 2. The van der Waals surface area contributed by atoms with E-state index in [9.17, 15) is 14.0 Å². The molecule has 6 heteroatoms. The number of nitrogens with one attached hydrogen (secondary N) is 2. The molecule has 0 aromatic carbocycles. The van der Waals surface area contributed by atoms with Crippen LogP contribution in [0.4, 0.5) is 9.18 Å². The van der Waals surface area contributed by atoms with E-state index in [-0.39, 0.29) is 12.3 Å². The predicted molar refractivity (Wildman–Crippen MR) is 76.6 cm³/mol. The predicted octanol–water partition coefficient (Wildman–Crippen LogP) is 2.30. The normalized spacial score (nSPS) is 36.4. The van der Waals surface area contributed by atoms with Gasteiger partial charge in [0.1, 0.15) is 11.3 Å². The molecule has 5 nitrogen and oxygen atoms in total. The smallest absolute Gasteiger partial charge is 0.407 e. The maximum absolute atomic E-state index is 14.7. The Balaban J connectivity index is 2.08. The zero-order valence-electron chi connectivity index (χ0n) is 13.2. The van der Waals surface area contributed by atoms with E-state index < -0.39 is 28.8 Å². The molecule has 0 radical (unpaired) electrons. The summed E-state index contributed by atoms with van der Waals surface area (Å²) in [6.45, 7) is 7.38. The Morgan fingerprint density at radius 1 is 1.38 bits per heavy atom. The molecule has 1 spiro atoms. The van der Waals surface area contributed by atoms with E-state index in [1.807, 2.05) is 0 Å². The van der Waals surface area contributed by atoms with Crippen molar-refractivity contribution in [1.82, 2.24) is 10.6 Å². The van der Waals surface area contributed by atoms with Gasteiger partial charge in [0.15, 0.2) is 0 Å². The number of hydrogen-bond acceptors (Lipinski definition) is 3. The van der Waals surface area contributed by atoms with Crippen LogP contribution >= 0.6 is 0 Å². The van der Waals surface area contributed by atoms with Crippen LogP contribution in [0.5, 0.6) is 0 Å². The molecule has 2 aliphatic rings. The summed E-state index contributed by atoms with van der Waals surface area (Å²) in [7, 11) is 0. The number of alkyl carbamates (subject to hydrolysis) is 1. The molecule has 1 heterocycles. The highest BCUT2D eigenvalue weighted by Crippen LogP contribution is 2.46. The fourth-order valence-electron chi connectivity index (χ4n) is 3.16. The minimum atomic E-state index is -1.52. The Labute approximate surface area is 125 Å². The van der Waals surface area contributed by atoms with Crippen LogP contribution in [0, 0.1) is 5.41 Å². The quantitative estimate of drug-likeness (QED) is 0.781. The van der Waals surface area contributed by atoms with Gasteiger partial charge in [0.2, 0.25) is 5.91 Å². The summed E-state index contributed by atoms with van der Waals surface area (Å²) in [5, 5.41) is 5.44. The van der Waals surface area contributed by atoms with Crippen molar-refractivity contribution in [2.24, 2.45) is 5.41 Å². The van der Waals surface area contributed by atoms with Crippen molar-refractivity contribution >= 4 is 12.0 Å². The second-order valence-corrected chi connectivity index (χ2v) is 7.47. The van der Waals surface area contributed by atoms with Crippen molar-refractivity contribution < 1.29 is 18.7 Å². The van der Waals surface area contributed by atoms with Crippen molar-refractivity contribution in [3.05, 3.63) is 0 Å². The molecule has 2 fully saturated rings. The van der Waals surface area contributed by atoms with E-state index in [1.165, 1.54) is 6.92 Å². The van der Waals surface area contributed by atoms with Gasteiger partial charge in [-0.3, -0.25) is 4.79 Å². The number of amides is 2. The molecule has 21 heavy (non-hydrogen) atoms. The Morgan fingerprint density at radius 2 is 2.05 bits per heavy atom. The molecule has 3 atom stereocenters. The lowest BCUT2D eigenvalue weighted by atomic mass is 9.66. The van der Waals surface area contributed by atoms with Gasteiger partial charge in [-0.15, -0.1) is 0 Å². The molecule has 2 N–H and O–H groups in total. The van der Waals surface area contributed by atoms with Crippen LogP contribution in [0.3, 0.4) is 0 Å². The van der Waals surface area contributed by atoms with Crippen molar-refractivity contribution in [3.8, 4) is 0 Å². The number of hydrogen-bond donors (Lipinski definition) is 2. The fourth-order valence-corrected chi connectivity index (χ4v) is 3.16. The van der Waals surface area contributed by atoms with E-state index in [1.54, 1.807) is 20.8 Å². The fraction of sp³-hybridized carbons (Fsp3) is 0.867. The van der Waals surface area contributed by atoms with Crippen LogP contribution in [-0.4, -0.2) is 35.9 Å². The summed E-state index contributed by atoms with van der Waals surface area (Å²) in [5.74, 6) is -0.0195. The Morgan fingerprint density at radius 3 is 2.57 bits per heavy atom. The second-order valence-electron chi connectivity index (χ2n) is 7.47. The lowest BCUT2D eigenvalue weighted by Crippen LogP contribution is -2.56. The average molecular weight is 300 g/mol. The number of rotatable bonds is 1. The summed E-state index contributed by atoms with van der Waals surface area (Å²) in [6.07, 6.45) is 1.19. The van der Waals surface area contributed by atoms with Crippen LogP contribution in [0.25, 0.3) is 0 Å². The Kier molecular flexibility index (Phi) is 3.93. The molecule has 1 saturated heterocycles.